The monoisotopic (exact) mass is 472 g/mol. The minimum atomic E-state index is -3.65. The molecule has 8 nitrogen and oxygen atoms in total. The van der Waals surface area contributed by atoms with Crippen molar-refractivity contribution in [3.05, 3.63) is 48.3 Å². The van der Waals surface area contributed by atoms with E-state index in [1.807, 2.05) is 36.5 Å². The summed E-state index contributed by atoms with van der Waals surface area (Å²) in [5.41, 5.74) is 1.77. The van der Waals surface area contributed by atoms with Gasteiger partial charge in [0.1, 0.15) is 10.6 Å². The van der Waals surface area contributed by atoms with Gasteiger partial charge in [0, 0.05) is 50.5 Å². The molecule has 33 heavy (non-hydrogen) atoms. The maximum atomic E-state index is 13.5. The SMILES string of the molecule is CN1CC2(CCN(Cc3ccccn3)CC2)COc2ccc(N3CCOCC3)cc2S1(=O)=O. The van der Waals surface area contributed by atoms with Crippen LogP contribution in [-0.4, -0.2) is 82.2 Å². The van der Waals surface area contributed by atoms with Crippen molar-refractivity contribution in [3.8, 4) is 5.75 Å². The van der Waals surface area contributed by atoms with Crippen molar-refractivity contribution in [3.63, 3.8) is 0 Å². The first-order valence-corrected chi connectivity index (χ1v) is 13.1. The molecule has 1 aromatic carbocycles. The molecule has 0 radical (unpaired) electrons. The van der Waals surface area contributed by atoms with Crippen LogP contribution < -0.4 is 9.64 Å². The van der Waals surface area contributed by atoms with Crippen LogP contribution in [0.25, 0.3) is 0 Å². The average molecular weight is 473 g/mol. The molecule has 5 rings (SSSR count). The number of benzene rings is 1. The second-order valence-corrected chi connectivity index (χ2v) is 11.4. The van der Waals surface area contributed by atoms with Crippen molar-refractivity contribution in [2.24, 2.45) is 5.41 Å². The van der Waals surface area contributed by atoms with Crippen molar-refractivity contribution in [1.82, 2.24) is 14.2 Å². The van der Waals surface area contributed by atoms with E-state index < -0.39 is 10.0 Å². The summed E-state index contributed by atoms with van der Waals surface area (Å²) in [5.74, 6) is 0.453. The van der Waals surface area contributed by atoms with Gasteiger partial charge in [-0.2, -0.15) is 0 Å². The Morgan fingerprint density at radius 1 is 1.06 bits per heavy atom. The van der Waals surface area contributed by atoms with Crippen LogP contribution in [0.1, 0.15) is 18.5 Å². The van der Waals surface area contributed by atoms with Crippen LogP contribution in [0.3, 0.4) is 0 Å². The first-order chi connectivity index (χ1) is 16.0. The Morgan fingerprint density at radius 3 is 2.58 bits per heavy atom. The van der Waals surface area contributed by atoms with Gasteiger partial charge in [-0.25, -0.2) is 12.7 Å². The summed E-state index contributed by atoms with van der Waals surface area (Å²) in [4.78, 5) is 9.25. The molecule has 2 saturated heterocycles. The van der Waals surface area contributed by atoms with Crippen molar-refractivity contribution >= 4 is 15.7 Å². The number of aromatic nitrogens is 1. The van der Waals surface area contributed by atoms with E-state index in [9.17, 15) is 8.42 Å². The van der Waals surface area contributed by atoms with E-state index in [2.05, 4.69) is 14.8 Å². The zero-order chi connectivity index (χ0) is 22.9. The van der Waals surface area contributed by atoms with Gasteiger partial charge in [-0.1, -0.05) is 6.07 Å². The van der Waals surface area contributed by atoms with Crippen LogP contribution in [-0.2, 0) is 21.3 Å². The van der Waals surface area contributed by atoms with E-state index in [1.165, 1.54) is 4.31 Å². The number of anilines is 1. The van der Waals surface area contributed by atoms with E-state index in [1.54, 1.807) is 13.1 Å². The number of piperidine rings is 1. The first-order valence-electron chi connectivity index (χ1n) is 11.6. The van der Waals surface area contributed by atoms with Crippen molar-refractivity contribution < 1.29 is 17.9 Å². The van der Waals surface area contributed by atoms with Gasteiger partial charge in [0.05, 0.1) is 25.5 Å². The first kappa shape index (κ1) is 22.6. The number of fused-ring (bicyclic) bond motifs is 1. The highest BCUT2D eigenvalue weighted by Gasteiger charge is 2.42. The number of hydrogen-bond acceptors (Lipinski definition) is 7. The molecule has 1 aromatic heterocycles. The van der Waals surface area contributed by atoms with E-state index in [4.69, 9.17) is 9.47 Å². The molecule has 1 spiro atoms. The topological polar surface area (TPSA) is 75.2 Å². The highest BCUT2D eigenvalue weighted by molar-refractivity contribution is 7.89. The fraction of sp³-hybridized carbons (Fsp3) is 0.542. The van der Waals surface area contributed by atoms with Gasteiger partial charge in [0.25, 0.3) is 0 Å². The molecular weight excluding hydrogens is 440 g/mol. The van der Waals surface area contributed by atoms with Crippen molar-refractivity contribution in [2.75, 3.05) is 64.5 Å². The zero-order valence-corrected chi connectivity index (χ0v) is 20.0. The number of nitrogens with zero attached hydrogens (tertiary/aromatic N) is 4. The van der Waals surface area contributed by atoms with E-state index >= 15 is 0 Å². The standard InChI is InChI=1S/C24H32N4O4S/c1-26-18-24(7-10-27(11-8-24)17-20-4-2-3-9-25-20)19-32-22-6-5-21(16-23(22)33(26,29)30)28-12-14-31-15-13-28/h2-6,9,16H,7-8,10-15,17-19H2,1H3. The Bertz CT molecular complexity index is 1070. The number of hydrogen-bond donors (Lipinski definition) is 0. The molecule has 4 heterocycles. The molecule has 0 atom stereocenters. The van der Waals surface area contributed by atoms with E-state index in [0.29, 0.717) is 32.1 Å². The average Bonchev–Trinajstić information content (AvgIpc) is 2.85. The summed E-state index contributed by atoms with van der Waals surface area (Å²) in [6.07, 6.45) is 3.60. The molecule has 9 heteroatoms. The van der Waals surface area contributed by atoms with Crippen LogP contribution >= 0.6 is 0 Å². The second kappa shape index (κ2) is 9.21. The fourth-order valence-corrected chi connectivity index (χ4v) is 6.48. The molecule has 0 saturated carbocycles. The summed E-state index contributed by atoms with van der Waals surface area (Å²) in [6, 6.07) is 11.5. The Morgan fingerprint density at radius 2 is 1.85 bits per heavy atom. The lowest BCUT2D eigenvalue weighted by Crippen LogP contribution is -2.50. The number of morpholine rings is 1. The minimum absolute atomic E-state index is 0.191. The smallest absolute Gasteiger partial charge is 0.246 e. The summed E-state index contributed by atoms with van der Waals surface area (Å²) >= 11 is 0. The Balaban J connectivity index is 1.33. The third kappa shape index (κ3) is 4.73. The Kier molecular flexibility index (Phi) is 6.30. The lowest BCUT2D eigenvalue weighted by molar-refractivity contribution is 0.0357. The number of ether oxygens (including phenoxy) is 2. The molecule has 3 aliphatic heterocycles. The molecule has 2 fully saturated rings. The highest BCUT2D eigenvalue weighted by Crippen LogP contribution is 2.40. The molecule has 0 N–H and O–H groups in total. The van der Waals surface area contributed by atoms with Gasteiger partial charge in [0.15, 0.2) is 0 Å². The van der Waals surface area contributed by atoms with Gasteiger partial charge >= 0.3 is 0 Å². The quantitative estimate of drug-likeness (QED) is 0.678. The predicted octanol–water partition coefficient (Wildman–Crippen LogP) is 2.21. The third-order valence-corrected chi connectivity index (χ3v) is 8.94. The zero-order valence-electron chi connectivity index (χ0n) is 19.1. The third-order valence-electron chi connectivity index (χ3n) is 7.11. The molecule has 178 valence electrons. The van der Waals surface area contributed by atoms with Gasteiger partial charge in [-0.3, -0.25) is 9.88 Å². The number of likely N-dealkylation sites (tertiary alicyclic amines) is 1. The van der Waals surface area contributed by atoms with Crippen LogP contribution in [0.4, 0.5) is 5.69 Å². The summed E-state index contributed by atoms with van der Waals surface area (Å²) < 4.78 is 40.2. The molecule has 2 aromatic rings. The molecule has 0 bridgehead atoms. The van der Waals surface area contributed by atoms with Gasteiger partial charge in [-0.15, -0.1) is 0 Å². The predicted molar refractivity (Wildman–Crippen MR) is 126 cm³/mol. The van der Waals surface area contributed by atoms with Crippen LogP contribution in [0.5, 0.6) is 5.75 Å². The highest BCUT2D eigenvalue weighted by atomic mass is 32.2. The lowest BCUT2D eigenvalue weighted by atomic mass is 9.79. The van der Waals surface area contributed by atoms with Gasteiger partial charge in [0.2, 0.25) is 10.0 Å². The molecule has 3 aliphatic rings. The van der Waals surface area contributed by atoms with Gasteiger partial charge in [-0.05, 0) is 56.3 Å². The molecule has 0 unspecified atom stereocenters. The maximum Gasteiger partial charge on any atom is 0.246 e. The largest absolute Gasteiger partial charge is 0.492 e. The number of sulfonamides is 1. The maximum absolute atomic E-state index is 13.5. The van der Waals surface area contributed by atoms with Crippen LogP contribution in [0, 0.1) is 5.41 Å². The molecule has 0 aliphatic carbocycles. The van der Waals surface area contributed by atoms with E-state index in [0.717, 1.165) is 56.9 Å². The van der Waals surface area contributed by atoms with E-state index in [-0.39, 0.29) is 10.3 Å². The molecular formula is C24H32N4O4S. The molecule has 0 amide bonds. The lowest BCUT2D eigenvalue weighted by Gasteiger charge is -2.44. The fourth-order valence-electron chi connectivity index (χ4n) is 5.05. The van der Waals surface area contributed by atoms with Gasteiger partial charge < -0.3 is 14.4 Å². The summed E-state index contributed by atoms with van der Waals surface area (Å²) in [6.45, 7) is 6.43. The van der Waals surface area contributed by atoms with Crippen LogP contribution in [0.2, 0.25) is 0 Å². The Hall–Kier alpha value is -2.20. The van der Waals surface area contributed by atoms with Crippen molar-refractivity contribution in [2.45, 2.75) is 24.3 Å². The minimum Gasteiger partial charge on any atom is -0.492 e. The Labute approximate surface area is 196 Å². The second-order valence-electron chi connectivity index (χ2n) is 9.38. The normalized spacial score (nSPS) is 23.4. The van der Waals surface area contributed by atoms with Crippen molar-refractivity contribution in [1.29, 1.82) is 0 Å². The van der Waals surface area contributed by atoms with Crippen LogP contribution in [0.15, 0.2) is 47.5 Å². The summed E-state index contributed by atoms with van der Waals surface area (Å²) in [7, 11) is -1.95. The number of pyridine rings is 1. The summed E-state index contributed by atoms with van der Waals surface area (Å²) in [5, 5.41) is 0. The number of rotatable bonds is 3.